The molecule has 0 N–H and O–H groups in total. The van der Waals surface area contributed by atoms with Gasteiger partial charge >= 0.3 is 12.2 Å². The molecule has 4 fully saturated rings. The van der Waals surface area contributed by atoms with Gasteiger partial charge in [-0.05, 0) is 95.2 Å². The lowest BCUT2D eigenvalue weighted by atomic mass is 9.57. The van der Waals surface area contributed by atoms with E-state index in [2.05, 4.69) is 36.7 Å². The molecular weight excluding hydrogens is 544 g/mol. The molecule has 0 bridgehead atoms. The van der Waals surface area contributed by atoms with Crippen molar-refractivity contribution in [2.24, 2.45) is 18.4 Å². The highest BCUT2D eigenvalue weighted by atomic mass is 16.6. The average Bonchev–Trinajstić information content (AvgIpc) is 3.71. The number of ether oxygens (including phenoxy) is 3. The maximum atomic E-state index is 12.8. The number of carbonyl (C=O) groups is 2. The van der Waals surface area contributed by atoms with Crippen molar-refractivity contribution in [2.75, 3.05) is 32.8 Å². The number of amides is 2. The molecule has 7 rings (SSSR count). The van der Waals surface area contributed by atoms with Crippen molar-refractivity contribution in [1.82, 2.24) is 19.4 Å². The lowest BCUT2D eigenvalue weighted by Gasteiger charge is -2.52. The lowest BCUT2D eigenvalue weighted by molar-refractivity contribution is -0.0152. The highest BCUT2D eigenvalue weighted by Crippen LogP contribution is 2.58. The summed E-state index contributed by atoms with van der Waals surface area (Å²) in [6.07, 6.45) is 7.56. The van der Waals surface area contributed by atoms with Gasteiger partial charge in [0.2, 0.25) is 0 Å². The molecule has 2 aromatic rings. The van der Waals surface area contributed by atoms with Gasteiger partial charge in [0.1, 0.15) is 17.2 Å². The molecule has 0 atom stereocenters. The maximum Gasteiger partial charge on any atom is 0.410 e. The van der Waals surface area contributed by atoms with Gasteiger partial charge in [-0.25, -0.2) is 14.6 Å². The van der Waals surface area contributed by atoms with E-state index in [9.17, 15) is 9.59 Å². The fourth-order valence-corrected chi connectivity index (χ4v) is 7.78. The Balaban J connectivity index is 1.09. The summed E-state index contributed by atoms with van der Waals surface area (Å²) >= 11 is 0. The Morgan fingerprint density at radius 1 is 1.00 bits per heavy atom. The summed E-state index contributed by atoms with van der Waals surface area (Å²) < 4.78 is 20.4. The molecule has 1 aromatic carbocycles. The quantitative estimate of drug-likeness (QED) is 0.405. The van der Waals surface area contributed by atoms with Crippen LogP contribution in [0.5, 0.6) is 5.75 Å². The van der Waals surface area contributed by atoms with Crippen LogP contribution in [0.3, 0.4) is 0 Å². The Morgan fingerprint density at radius 3 is 2.30 bits per heavy atom. The molecule has 43 heavy (non-hydrogen) atoms. The number of rotatable bonds is 3. The number of nitrogens with zero attached hydrogens (tertiary/aromatic N) is 4. The zero-order valence-electron chi connectivity index (χ0n) is 26.4. The van der Waals surface area contributed by atoms with Crippen LogP contribution < -0.4 is 4.74 Å². The Kier molecular flexibility index (Phi) is 6.74. The second-order valence-corrected chi connectivity index (χ2v) is 14.9. The fourth-order valence-electron chi connectivity index (χ4n) is 7.78. The molecule has 2 aliphatic carbocycles. The topological polar surface area (TPSA) is 86.1 Å². The van der Waals surface area contributed by atoms with E-state index in [4.69, 9.17) is 19.2 Å². The van der Waals surface area contributed by atoms with Gasteiger partial charge in [0, 0.05) is 57.5 Å². The molecule has 4 heterocycles. The van der Waals surface area contributed by atoms with Crippen molar-refractivity contribution in [3.8, 4) is 17.0 Å². The van der Waals surface area contributed by atoms with Gasteiger partial charge in [-0.3, -0.25) is 0 Å². The first kappa shape index (κ1) is 28.5. The molecule has 9 heteroatoms. The molecular formula is C34H46N4O5. The fraction of sp³-hybridized carbons (Fsp3) is 0.676. The van der Waals surface area contributed by atoms with E-state index in [1.54, 1.807) is 0 Å². The van der Waals surface area contributed by atoms with E-state index in [0.717, 1.165) is 72.9 Å². The Labute approximate surface area is 254 Å². The number of likely N-dealkylation sites (tertiary alicyclic amines) is 2. The van der Waals surface area contributed by atoms with Crippen molar-refractivity contribution in [3.05, 3.63) is 35.3 Å². The predicted octanol–water partition coefficient (Wildman–Crippen LogP) is 6.52. The third-order valence-electron chi connectivity index (χ3n) is 10.4. The molecule has 9 nitrogen and oxygen atoms in total. The number of aromatic nitrogens is 2. The van der Waals surface area contributed by atoms with Gasteiger partial charge in [-0.1, -0.05) is 6.07 Å². The lowest BCUT2D eigenvalue weighted by Crippen LogP contribution is -2.50. The normalized spacial score (nSPS) is 22.4. The minimum Gasteiger partial charge on any atom is -0.480 e. The van der Waals surface area contributed by atoms with Gasteiger partial charge in [0.15, 0.2) is 5.60 Å². The highest BCUT2D eigenvalue weighted by Gasteiger charge is 2.52. The number of carbonyl (C=O) groups excluding carboxylic acids is 2. The molecule has 1 aromatic heterocycles. The Hall–Kier alpha value is -3.23. The summed E-state index contributed by atoms with van der Waals surface area (Å²) in [5, 5.41) is 0. The number of aryl methyl sites for hydroxylation is 1. The summed E-state index contributed by atoms with van der Waals surface area (Å²) in [7, 11) is 2.15. The third kappa shape index (κ3) is 5.27. The van der Waals surface area contributed by atoms with Crippen LogP contribution in [0.15, 0.2) is 18.2 Å². The van der Waals surface area contributed by atoms with E-state index >= 15 is 0 Å². The number of imidazole rings is 1. The molecule has 3 aliphatic heterocycles. The molecule has 5 aliphatic rings. The molecule has 0 unspecified atom stereocenters. The smallest absolute Gasteiger partial charge is 0.410 e. The van der Waals surface area contributed by atoms with Crippen LogP contribution >= 0.6 is 0 Å². The zero-order chi connectivity index (χ0) is 30.1. The maximum absolute atomic E-state index is 12.8. The van der Waals surface area contributed by atoms with Crippen LogP contribution in [0, 0.1) is 18.3 Å². The van der Waals surface area contributed by atoms with Gasteiger partial charge in [-0.15, -0.1) is 0 Å². The second kappa shape index (κ2) is 10.2. The molecule has 2 amide bonds. The van der Waals surface area contributed by atoms with Crippen molar-refractivity contribution < 1.29 is 23.8 Å². The monoisotopic (exact) mass is 590 g/mol. The number of hydrogen-bond acceptors (Lipinski definition) is 6. The van der Waals surface area contributed by atoms with Crippen molar-refractivity contribution in [3.63, 3.8) is 0 Å². The van der Waals surface area contributed by atoms with Crippen LogP contribution in [0.2, 0.25) is 0 Å². The van der Waals surface area contributed by atoms with Crippen molar-refractivity contribution >= 4 is 12.2 Å². The minimum atomic E-state index is -0.524. The molecule has 2 saturated carbocycles. The van der Waals surface area contributed by atoms with Crippen LogP contribution in [-0.2, 0) is 22.1 Å². The summed E-state index contributed by atoms with van der Waals surface area (Å²) in [6.45, 7) is 11.1. The highest BCUT2D eigenvalue weighted by molar-refractivity contribution is 5.74. The molecule has 2 saturated heterocycles. The summed E-state index contributed by atoms with van der Waals surface area (Å²) in [5.41, 5.74) is 3.66. The van der Waals surface area contributed by atoms with Gasteiger partial charge in [0.05, 0.1) is 18.0 Å². The minimum absolute atomic E-state index is 0.197. The largest absolute Gasteiger partial charge is 0.480 e. The third-order valence-corrected chi connectivity index (χ3v) is 10.4. The van der Waals surface area contributed by atoms with E-state index in [-0.39, 0.29) is 17.6 Å². The van der Waals surface area contributed by atoms with Crippen molar-refractivity contribution in [1.29, 1.82) is 0 Å². The number of hydrogen-bond donors (Lipinski definition) is 0. The summed E-state index contributed by atoms with van der Waals surface area (Å²) in [5.74, 6) is 2.96. The SMILES string of the molecule is Cc1ccc2c(c1)OC1(CCN(C(=O)OCC3CC3)CC1)c1c-2nc(C2CC3(CCN(C(=O)OC(C)(C)C)CC3)C2)n1C. The van der Waals surface area contributed by atoms with E-state index in [1.165, 1.54) is 12.8 Å². The van der Waals surface area contributed by atoms with Gasteiger partial charge in [0.25, 0.3) is 0 Å². The summed E-state index contributed by atoms with van der Waals surface area (Å²) in [6, 6.07) is 6.40. The Bertz CT molecular complexity index is 1410. The second-order valence-electron chi connectivity index (χ2n) is 14.9. The van der Waals surface area contributed by atoms with Crippen LogP contribution in [0.25, 0.3) is 11.3 Å². The standard InChI is InChI=1S/C34H46N4O5/c1-22-6-9-25-26(18-22)42-34(12-16-37(17-13-34)30(39)41-21-23-7-8-23)28-27(25)35-29(36(28)5)24-19-33(20-24)10-14-38(15-11-33)31(40)43-32(2,3)4/h6,9,18,23-24H,7-8,10-17,19-21H2,1-5H3. The first-order valence-electron chi connectivity index (χ1n) is 16.2. The van der Waals surface area contributed by atoms with Gasteiger partial charge in [-0.2, -0.15) is 0 Å². The van der Waals surface area contributed by atoms with E-state index in [1.807, 2.05) is 30.6 Å². The first-order chi connectivity index (χ1) is 20.4. The number of benzene rings is 1. The van der Waals surface area contributed by atoms with E-state index < -0.39 is 11.2 Å². The van der Waals surface area contributed by atoms with Crippen LogP contribution in [0.4, 0.5) is 9.59 Å². The first-order valence-corrected chi connectivity index (χ1v) is 16.2. The molecule has 0 radical (unpaired) electrons. The Morgan fingerprint density at radius 2 is 1.65 bits per heavy atom. The number of fused-ring (bicyclic) bond motifs is 4. The molecule has 2 spiro atoms. The number of piperidine rings is 2. The zero-order valence-corrected chi connectivity index (χ0v) is 26.4. The summed E-state index contributed by atoms with van der Waals surface area (Å²) in [4.78, 5) is 34.5. The van der Waals surface area contributed by atoms with Crippen molar-refractivity contribution in [2.45, 2.75) is 96.2 Å². The van der Waals surface area contributed by atoms with Gasteiger partial charge < -0.3 is 28.6 Å². The van der Waals surface area contributed by atoms with Crippen LogP contribution in [-0.4, -0.2) is 69.9 Å². The average molecular weight is 591 g/mol. The molecule has 232 valence electrons. The van der Waals surface area contributed by atoms with Crippen LogP contribution in [0.1, 0.15) is 95.1 Å². The predicted molar refractivity (Wildman–Crippen MR) is 162 cm³/mol. The van der Waals surface area contributed by atoms with E-state index in [0.29, 0.717) is 44.4 Å².